The quantitative estimate of drug-likeness (QED) is 0.535. The number of aromatic nitrogens is 3. The number of anilines is 1. The Morgan fingerprint density at radius 2 is 2.25 bits per heavy atom. The molecule has 0 spiro atoms. The van der Waals surface area contributed by atoms with E-state index < -0.39 is 17.4 Å². The minimum atomic E-state index is -0.508. The van der Waals surface area contributed by atoms with Crippen LogP contribution in [0.5, 0.6) is 0 Å². The van der Waals surface area contributed by atoms with Crippen LogP contribution in [0.25, 0.3) is 11.0 Å². The van der Waals surface area contributed by atoms with Crippen molar-refractivity contribution in [2.75, 3.05) is 19.4 Å². The van der Waals surface area contributed by atoms with E-state index >= 15 is 0 Å². The average molecular weight is 279 g/mol. The van der Waals surface area contributed by atoms with Crippen molar-refractivity contribution in [3.8, 4) is 0 Å². The number of H-pyrrole nitrogens is 2. The number of nitrogen functional groups attached to an aromatic ring is 1. The number of esters is 1. The SMILES string of the molecule is COC(=O)CCNC(=O)c1c[nH]c2nc(N)[nH]c(=O)c12. The van der Waals surface area contributed by atoms with Crippen molar-refractivity contribution in [3.63, 3.8) is 0 Å². The van der Waals surface area contributed by atoms with Crippen molar-refractivity contribution >= 4 is 28.9 Å². The summed E-state index contributed by atoms with van der Waals surface area (Å²) >= 11 is 0. The van der Waals surface area contributed by atoms with Crippen LogP contribution in [0, 0.1) is 0 Å². The number of carbonyl (C=O) groups excluding carboxylic acids is 2. The number of nitrogens with zero attached hydrogens (tertiary/aromatic N) is 1. The second-order valence-corrected chi connectivity index (χ2v) is 3.96. The molecule has 0 aromatic carbocycles. The molecular formula is C11H13N5O4. The first kappa shape index (κ1) is 13.6. The van der Waals surface area contributed by atoms with E-state index in [0.717, 1.165) is 0 Å². The third-order valence-electron chi connectivity index (χ3n) is 2.65. The van der Waals surface area contributed by atoms with Gasteiger partial charge in [0, 0.05) is 12.7 Å². The second-order valence-electron chi connectivity index (χ2n) is 3.96. The van der Waals surface area contributed by atoms with Gasteiger partial charge in [-0.15, -0.1) is 0 Å². The van der Waals surface area contributed by atoms with Crippen molar-refractivity contribution in [3.05, 3.63) is 22.1 Å². The fourth-order valence-corrected chi connectivity index (χ4v) is 1.71. The highest BCUT2D eigenvalue weighted by Gasteiger charge is 2.16. The molecule has 0 radical (unpaired) electrons. The number of nitrogens with two attached hydrogens (primary N) is 1. The molecule has 1 amide bonds. The van der Waals surface area contributed by atoms with E-state index in [4.69, 9.17) is 5.73 Å². The number of hydrogen-bond acceptors (Lipinski definition) is 6. The third kappa shape index (κ3) is 2.60. The lowest BCUT2D eigenvalue weighted by Gasteiger charge is -2.03. The van der Waals surface area contributed by atoms with Crippen LogP contribution in [0.3, 0.4) is 0 Å². The Labute approximate surface area is 112 Å². The largest absolute Gasteiger partial charge is 0.469 e. The van der Waals surface area contributed by atoms with Gasteiger partial charge in [-0.3, -0.25) is 19.4 Å². The Bertz CT molecular complexity index is 717. The second kappa shape index (κ2) is 5.43. The fraction of sp³-hybridized carbons (Fsp3) is 0.273. The first-order valence-corrected chi connectivity index (χ1v) is 5.75. The number of hydrogen-bond donors (Lipinski definition) is 4. The van der Waals surface area contributed by atoms with E-state index in [1.165, 1.54) is 13.3 Å². The van der Waals surface area contributed by atoms with Crippen LogP contribution in [0.15, 0.2) is 11.0 Å². The zero-order valence-corrected chi connectivity index (χ0v) is 10.6. The van der Waals surface area contributed by atoms with Crippen molar-refractivity contribution in [2.45, 2.75) is 6.42 Å². The number of amides is 1. The molecule has 0 fully saturated rings. The van der Waals surface area contributed by atoms with Crippen LogP contribution in [0.1, 0.15) is 16.8 Å². The molecule has 0 atom stereocenters. The van der Waals surface area contributed by atoms with Gasteiger partial charge in [0.15, 0.2) is 0 Å². The maximum absolute atomic E-state index is 11.9. The summed E-state index contributed by atoms with van der Waals surface area (Å²) in [4.78, 5) is 43.5. The van der Waals surface area contributed by atoms with E-state index in [9.17, 15) is 14.4 Å². The molecule has 0 saturated heterocycles. The maximum atomic E-state index is 11.9. The summed E-state index contributed by atoms with van der Waals surface area (Å²) in [5.41, 5.74) is 5.26. The highest BCUT2D eigenvalue weighted by Crippen LogP contribution is 2.12. The van der Waals surface area contributed by atoms with Crippen LogP contribution in [0.2, 0.25) is 0 Å². The molecule has 0 saturated carbocycles. The molecule has 106 valence electrons. The van der Waals surface area contributed by atoms with Gasteiger partial charge in [-0.2, -0.15) is 4.98 Å². The third-order valence-corrected chi connectivity index (χ3v) is 2.65. The Kier molecular flexibility index (Phi) is 3.69. The summed E-state index contributed by atoms with van der Waals surface area (Å²) in [7, 11) is 1.26. The topological polar surface area (TPSA) is 143 Å². The van der Waals surface area contributed by atoms with Crippen LogP contribution < -0.4 is 16.6 Å². The van der Waals surface area contributed by atoms with Gasteiger partial charge in [0.2, 0.25) is 5.95 Å². The van der Waals surface area contributed by atoms with E-state index in [0.29, 0.717) is 0 Å². The number of ether oxygens (including phenoxy) is 1. The lowest BCUT2D eigenvalue weighted by molar-refractivity contribution is -0.140. The van der Waals surface area contributed by atoms with E-state index in [2.05, 4.69) is 25.0 Å². The molecule has 0 aliphatic heterocycles. The summed E-state index contributed by atoms with van der Waals surface area (Å²) in [6.45, 7) is 0.110. The number of carbonyl (C=O) groups is 2. The Morgan fingerprint density at radius 3 is 2.95 bits per heavy atom. The van der Waals surface area contributed by atoms with Crippen molar-refractivity contribution in [1.29, 1.82) is 0 Å². The van der Waals surface area contributed by atoms with Crippen LogP contribution in [-0.4, -0.2) is 40.5 Å². The Hall–Kier alpha value is -2.84. The fourth-order valence-electron chi connectivity index (χ4n) is 1.71. The lowest BCUT2D eigenvalue weighted by atomic mass is 10.2. The van der Waals surface area contributed by atoms with Crippen molar-refractivity contribution in [2.24, 2.45) is 0 Å². The average Bonchev–Trinajstić information content (AvgIpc) is 2.82. The molecule has 0 bridgehead atoms. The molecule has 2 aromatic rings. The van der Waals surface area contributed by atoms with Gasteiger partial charge < -0.3 is 20.8 Å². The maximum Gasteiger partial charge on any atom is 0.307 e. The Balaban J connectivity index is 2.19. The number of nitrogens with one attached hydrogen (secondary N) is 3. The van der Waals surface area contributed by atoms with Crippen molar-refractivity contribution in [1.82, 2.24) is 20.3 Å². The zero-order chi connectivity index (χ0) is 14.7. The highest BCUT2D eigenvalue weighted by atomic mass is 16.5. The summed E-state index contributed by atoms with van der Waals surface area (Å²) in [6, 6.07) is 0. The molecule has 9 nitrogen and oxygen atoms in total. The summed E-state index contributed by atoms with van der Waals surface area (Å²) in [5, 5.41) is 2.63. The van der Waals surface area contributed by atoms with Crippen LogP contribution >= 0.6 is 0 Å². The zero-order valence-electron chi connectivity index (χ0n) is 10.6. The van der Waals surface area contributed by atoms with E-state index in [1.807, 2.05) is 0 Å². The van der Waals surface area contributed by atoms with Crippen molar-refractivity contribution < 1.29 is 14.3 Å². The molecular weight excluding hydrogens is 266 g/mol. The smallest absolute Gasteiger partial charge is 0.307 e. The first-order chi connectivity index (χ1) is 9.52. The molecule has 2 heterocycles. The van der Waals surface area contributed by atoms with E-state index in [1.54, 1.807) is 0 Å². The highest BCUT2D eigenvalue weighted by molar-refractivity contribution is 6.05. The Morgan fingerprint density at radius 1 is 1.50 bits per heavy atom. The normalized spacial score (nSPS) is 10.4. The monoisotopic (exact) mass is 279 g/mol. The minimum Gasteiger partial charge on any atom is -0.469 e. The van der Waals surface area contributed by atoms with Gasteiger partial charge >= 0.3 is 5.97 Å². The standard InChI is InChI=1S/C11H13N5O4/c1-20-6(17)2-3-13-9(18)5-4-14-8-7(5)10(19)16-11(12)15-8/h4H,2-3H2,1H3,(H,13,18)(H4,12,14,15,16,19). The molecule has 2 rings (SSSR count). The van der Waals surface area contributed by atoms with Gasteiger partial charge in [0.05, 0.1) is 24.5 Å². The molecule has 2 aromatic heterocycles. The first-order valence-electron chi connectivity index (χ1n) is 5.75. The minimum absolute atomic E-state index is 0.0398. The van der Waals surface area contributed by atoms with Gasteiger partial charge in [-0.25, -0.2) is 0 Å². The summed E-state index contributed by atoms with van der Waals surface area (Å²) in [6.07, 6.45) is 1.41. The number of methoxy groups -OCH3 is 1. The molecule has 20 heavy (non-hydrogen) atoms. The number of rotatable bonds is 4. The summed E-state index contributed by atoms with van der Waals surface area (Å²) in [5.74, 6) is -0.962. The molecule has 5 N–H and O–H groups in total. The van der Waals surface area contributed by atoms with Crippen LogP contribution in [-0.2, 0) is 9.53 Å². The summed E-state index contributed by atoms with van der Waals surface area (Å²) < 4.78 is 4.45. The van der Waals surface area contributed by atoms with Gasteiger partial charge in [-0.1, -0.05) is 0 Å². The van der Waals surface area contributed by atoms with Gasteiger partial charge in [0.25, 0.3) is 11.5 Å². The van der Waals surface area contributed by atoms with Gasteiger partial charge in [-0.05, 0) is 0 Å². The molecule has 0 aliphatic carbocycles. The number of fused-ring (bicyclic) bond motifs is 1. The number of aromatic amines is 2. The predicted molar refractivity (Wildman–Crippen MR) is 70.1 cm³/mol. The predicted octanol–water partition coefficient (Wildman–Crippen LogP) is -0.874. The molecule has 9 heteroatoms. The van der Waals surface area contributed by atoms with E-state index in [-0.39, 0.29) is 35.5 Å². The molecule has 0 unspecified atom stereocenters. The molecule has 0 aliphatic rings. The van der Waals surface area contributed by atoms with Gasteiger partial charge in [0.1, 0.15) is 5.65 Å². The van der Waals surface area contributed by atoms with Crippen LogP contribution in [0.4, 0.5) is 5.95 Å². The lowest BCUT2D eigenvalue weighted by Crippen LogP contribution is -2.27.